The van der Waals surface area contributed by atoms with Gasteiger partial charge in [-0.1, -0.05) is 6.07 Å². The van der Waals surface area contributed by atoms with E-state index >= 15 is 0 Å². The summed E-state index contributed by atoms with van der Waals surface area (Å²) in [5, 5.41) is 4.46. The van der Waals surface area contributed by atoms with Crippen molar-refractivity contribution in [3.8, 4) is 0 Å². The largest absolute Gasteiger partial charge is 0.305 e. The SMILES string of the molecule is CN1CCC2=NNC(c3cccnc3)C2C1. The van der Waals surface area contributed by atoms with Crippen molar-refractivity contribution in [2.24, 2.45) is 11.0 Å². The predicted molar refractivity (Wildman–Crippen MR) is 63.2 cm³/mol. The molecule has 84 valence electrons. The second-order valence-electron chi connectivity index (χ2n) is 4.62. The molecule has 1 N–H and O–H groups in total. The topological polar surface area (TPSA) is 40.5 Å². The maximum absolute atomic E-state index is 4.46. The number of nitrogens with one attached hydrogen (secondary N) is 1. The number of nitrogens with zero attached hydrogens (tertiary/aromatic N) is 3. The predicted octanol–water partition coefficient (Wildman–Crippen LogP) is 1.03. The molecule has 3 heterocycles. The fourth-order valence-electron chi connectivity index (χ4n) is 2.57. The highest BCUT2D eigenvalue weighted by Crippen LogP contribution is 2.31. The first kappa shape index (κ1) is 9.78. The Morgan fingerprint density at radius 2 is 2.44 bits per heavy atom. The number of fused-ring (bicyclic) bond motifs is 1. The van der Waals surface area contributed by atoms with Crippen LogP contribution in [0, 0.1) is 5.92 Å². The molecule has 2 atom stereocenters. The van der Waals surface area contributed by atoms with Gasteiger partial charge in [-0.15, -0.1) is 0 Å². The molecule has 0 amide bonds. The van der Waals surface area contributed by atoms with Crippen LogP contribution in [0.5, 0.6) is 0 Å². The number of hydrogen-bond donors (Lipinski definition) is 1. The molecule has 4 nitrogen and oxygen atoms in total. The van der Waals surface area contributed by atoms with Gasteiger partial charge in [-0.25, -0.2) is 0 Å². The summed E-state index contributed by atoms with van der Waals surface area (Å²) in [6.07, 6.45) is 4.84. The minimum Gasteiger partial charge on any atom is -0.305 e. The third kappa shape index (κ3) is 1.59. The zero-order chi connectivity index (χ0) is 11.0. The first-order valence-electron chi connectivity index (χ1n) is 5.75. The summed E-state index contributed by atoms with van der Waals surface area (Å²) in [6, 6.07) is 4.42. The van der Waals surface area contributed by atoms with E-state index in [1.165, 1.54) is 11.3 Å². The molecule has 0 aromatic carbocycles. The second kappa shape index (κ2) is 3.87. The Balaban J connectivity index is 1.84. The van der Waals surface area contributed by atoms with Crippen LogP contribution >= 0.6 is 0 Å². The van der Waals surface area contributed by atoms with Crippen LogP contribution in [0.3, 0.4) is 0 Å². The summed E-state index contributed by atoms with van der Waals surface area (Å²) in [5.41, 5.74) is 5.82. The molecule has 3 rings (SSSR count). The molecule has 0 aliphatic carbocycles. The van der Waals surface area contributed by atoms with E-state index in [1.807, 2.05) is 18.5 Å². The zero-order valence-electron chi connectivity index (χ0n) is 9.43. The summed E-state index contributed by atoms with van der Waals surface area (Å²) in [6.45, 7) is 2.21. The Morgan fingerprint density at radius 3 is 3.25 bits per heavy atom. The number of hydrogen-bond acceptors (Lipinski definition) is 4. The Morgan fingerprint density at radius 1 is 1.50 bits per heavy atom. The number of rotatable bonds is 1. The van der Waals surface area contributed by atoms with E-state index in [0.29, 0.717) is 12.0 Å². The second-order valence-corrected chi connectivity index (χ2v) is 4.62. The van der Waals surface area contributed by atoms with E-state index in [2.05, 4.69) is 33.5 Å². The van der Waals surface area contributed by atoms with Gasteiger partial charge in [-0.3, -0.25) is 4.98 Å². The van der Waals surface area contributed by atoms with Crippen molar-refractivity contribution >= 4 is 5.71 Å². The summed E-state index contributed by atoms with van der Waals surface area (Å²) < 4.78 is 0. The number of piperidine rings is 1. The van der Waals surface area contributed by atoms with Crippen molar-refractivity contribution in [3.63, 3.8) is 0 Å². The van der Waals surface area contributed by atoms with Gasteiger partial charge in [0.1, 0.15) is 0 Å². The molecule has 1 aromatic rings. The molecule has 2 aliphatic rings. The smallest absolute Gasteiger partial charge is 0.0797 e. The minimum absolute atomic E-state index is 0.312. The van der Waals surface area contributed by atoms with Crippen LogP contribution in [-0.2, 0) is 0 Å². The fourth-order valence-corrected chi connectivity index (χ4v) is 2.57. The van der Waals surface area contributed by atoms with Crippen LogP contribution in [0.2, 0.25) is 0 Å². The fraction of sp³-hybridized carbons (Fsp3) is 0.500. The van der Waals surface area contributed by atoms with Crippen molar-refractivity contribution in [1.82, 2.24) is 15.3 Å². The lowest BCUT2D eigenvalue weighted by Crippen LogP contribution is -2.39. The van der Waals surface area contributed by atoms with Crippen molar-refractivity contribution in [3.05, 3.63) is 30.1 Å². The Hall–Kier alpha value is -1.42. The molecular weight excluding hydrogens is 200 g/mol. The average molecular weight is 216 g/mol. The monoisotopic (exact) mass is 216 g/mol. The van der Waals surface area contributed by atoms with Gasteiger partial charge in [0.05, 0.1) is 6.04 Å². The quantitative estimate of drug-likeness (QED) is 0.762. The minimum atomic E-state index is 0.312. The number of pyridine rings is 1. The number of likely N-dealkylation sites (tertiary alicyclic amines) is 1. The van der Waals surface area contributed by atoms with Gasteiger partial charge in [0.2, 0.25) is 0 Å². The number of aromatic nitrogens is 1. The van der Waals surface area contributed by atoms with Crippen molar-refractivity contribution in [1.29, 1.82) is 0 Å². The standard InChI is InChI=1S/C12H16N4/c1-16-6-4-11-10(8-16)12(15-14-11)9-3-2-5-13-7-9/h2-3,5,7,10,12,15H,4,6,8H2,1H3. The molecule has 0 saturated carbocycles. The molecule has 1 saturated heterocycles. The molecule has 2 aliphatic heterocycles. The van der Waals surface area contributed by atoms with E-state index in [0.717, 1.165) is 19.5 Å². The van der Waals surface area contributed by atoms with Crippen molar-refractivity contribution in [2.75, 3.05) is 20.1 Å². The average Bonchev–Trinajstić information content (AvgIpc) is 2.73. The molecule has 2 unspecified atom stereocenters. The van der Waals surface area contributed by atoms with Gasteiger partial charge in [-0.05, 0) is 18.7 Å². The van der Waals surface area contributed by atoms with Crippen LogP contribution in [0.25, 0.3) is 0 Å². The van der Waals surface area contributed by atoms with Crippen LogP contribution < -0.4 is 5.43 Å². The summed E-state index contributed by atoms with van der Waals surface area (Å²) in [4.78, 5) is 6.56. The van der Waals surface area contributed by atoms with E-state index in [-0.39, 0.29) is 0 Å². The lowest BCUT2D eigenvalue weighted by molar-refractivity contribution is 0.272. The Bertz CT molecular complexity index is 401. The lowest BCUT2D eigenvalue weighted by atomic mass is 9.87. The maximum Gasteiger partial charge on any atom is 0.0797 e. The zero-order valence-corrected chi connectivity index (χ0v) is 9.43. The first-order chi connectivity index (χ1) is 7.84. The van der Waals surface area contributed by atoms with Gasteiger partial charge in [0.25, 0.3) is 0 Å². The number of hydrazone groups is 1. The van der Waals surface area contributed by atoms with E-state index in [1.54, 1.807) is 0 Å². The van der Waals surface area contributed by atoms with Crippen molar-refractivity contribution < 1.29 is 0 Å². The summed E-state index contributed by atoms with van der Waals surface area (Å²) >= 11 is 0. The maximum atomic E-state index is 4.46. The molecule has 0 spiro atoms. The highest BCUT2D eigenvalue weighted by Gasteiger charge is 2.35. The molecule has 4 heteroatoms. The van der Waals surface area contributed by atoms with E-state index < -0.39 is 0 Å². The molecule has 16 heavy (non-hydrogen) atoms. The molecule has 0 bridgehead atoms. The molecular formula is C12H16N4. The Kier molecular flexibility index (Phi) is 2.36. The summed E-state index contributed by atoms with van der Waals surface area (Å²) in [7, 11) is 2.18. The van der Waals surface area contributed by atoms with Gasteiger partial charge < -0.3 is 10.3 Å². The van der Waals surface area contributed by atoms with Gasteiger partial charge in [0, 0.05) is 43.5 Å². The van der Waals surface area contributed by atoms with Crippen LogP contribution in [0.4, 0.5) is 0 Å². The van der Waals surface area contributed by atoms with Gasteiger partial charge in [-0.2, -0.15) is 5.10 Å². The Labute approximate surface area is 95.4 Å². The van der Waals surface area contributed by atoms with Crippen LogP contribution in [0.15, 0.2) is 29.6 Å². The van der Waals surface area contributed by atoms with Gasteiger partial charge in [0.15, 0.2) is 0 Å². The van der Waals surface area contributed by atoms with Crippen LogP contribution in [0.1, 0.15) is 18.0 Å². The van der Waals surface area contributed by atoms with E-state index in [9.17, 15) is 0 Å². The summed E-state index contributed by atoms with van der Waals surface area (Å²) in [5.74, 6) is 0.517. The van der Waals surface area contributed by atoms with Crippen LogP contribution in [-0.4, -0.2) is 35.7 Å². The molecule has 1 aromatic heterocycles. The van der Waals surface area contributed by atoms with Crippen molar-refractivity contribution in [2.45, 2.75) is 12.5 Å². The highest BCUT2D eigenvalue weighted by molar-refractivity contribution is 5.89. The molecule has 1 fully saturated rings. The lowest BCUT2D eigenvalue weighted by Gasteiger charge is -2.30. The first-order valence-corrected chi connectivity index (χ1v) is 5.75. The third-order valence-corrected chi connectivity index (χ3v) is 3.48. The highest BCUT2D eigenvalue weighted by atomic mass is 15.3. The molecule has 0 radical (unpaired) electrons. The van der Waals surface area contributed by atoms with Gasteiger partial charge >= 0.3 is 0 Å². The third-order valence-electron chi connectivity index (χ3n) is 3.48. The normalized spacial score (nSPS) is 29.4. The van der Waals surface area contributed by atoms with E-state index in [4.69, 9.17) is 0 Å².